The minimum Gasteiger partial charge on any atom is -0.335 e. The lowest BCUT2D eigenvalue weighted by Gasteiger charge is -2.23. The van der Waals surface area contributed by atoms with Gasteiger partial charge in [0.2, 0.25) is 15.9 Å². The van der Waals surface area contributed by atoms with Crippen LogP contribution in [0.4, 0.5) is 5.69 Å². The lowest BCUT2D eigenvalue weighted by molar-refractivity contribution is -0.116. The summed E-state index contributed by atoms with van der Waals surface area (Å²) in [6.45, 7) is 4.79. The molecule has 0 spiro atoms. The quantitative estimate of drug-likeness (QED) is 0.864. The first-order valence-electron chi connectivity index (χ1n) is 9.27. The molecule has 0 unspecified atom stereocenters. The largest absolute Gasteiger partial charge is 0.335 e. The summed E-state index contributed by atoms with van der Waals surface area (Å²) in [5.74, 6) is 1.24. The van der Waals surface area contributed by atoms with Crippen LogP contribution in [-0.2, 0) is 34.2 Å². The molecular weight excluding hydrogens is 364 g/mol. The maximum absolute atomic E-state index is 12.8. The average molecular weight is 388 g/mol. The maximum atomic E-state index is 12.8. The minimum absolute atomic E-state index is 0.0226. The van der Waals surface area contributed by atoms with Crippen molar-refractivity contribution in [1.29, 1.82) is 0 Å². The molecule has 0 aliphatic carbocycles. The fraction of sp³-hybridized carbons (Fsp3) is 0.474. The Labute approximate surface area is 159 Å². The Kier molecular flexibility index (Phi) is 4.55. The van der Waals surface area contributed by atoms with E-state index in [4.69, 9.17) is 0 Å². The number of carbonyl (C=O) groups is 1. The van der Waals surface area contributed by atoms with E-state index in [1.165, 1.54) is 6.92 Å². The molecule has 0 fully saturated rings. The van der Waals surface area contributed by atoms with Crippen molar-refractivity contribution in [3.8, 4) is 0 Å². The van der Waals surface area contributed by atoms with E-state index in [0.29, 0.717) is 13.0 Å². The van der Waals surface area contributed by atoms with E-state index in [1.807, 2.05) is 13.1 Å². The van der Waals surface area contributed by atoms with Gasteiger partial charge in [0.05, 0.1) is 4.90 Å². The van der Waals surface area contributed by atoms with Gasteiger partial charge in [0.15, 0.2) is 0 Å². The molecular formula is C19H24N4O3S. The van der Waals surface area contributed by atoms with Gasteiger partial charge in [-0.25, -0.2) is 18.1 Å². The van der Waals surface area contributed by atoms with Crippen LogP contribution >= 0.6 is 0 Å². The Morgan fingerprint density at radius 2 is 2.15 bits per heavy atom. The molecule has 0 saturated carbocycles. The second-order valence-corrected chi connectivity index (χ2v) is 9.25. The Hall–Kier alpha value is -2.19. The smallest absolute Gasteiger partial charge is 0.240 e. The van der Waals surface area contributed by atoms with Gasteiger partial charge >= 0.3 is 0 Å². The molecule has 27 heavy (non-hydrogen) atoms. The molecule has 3 heterocycles. The molecule has 2 aromatic rings. The Bertz CT molecular complexity index is 983. The normalized spacial score (nSPS) is 21.8. The van der Waals surface area contributed by atoms with E-state index in [0.717, 1.165) is 36.5 Å². The number of benzene rings is 1. The number of hydrogen-bond donors (Lipinski definition) is 1. The van der Waals surface area contributed by atoms with Crippen LogP contribution in [0.2, 0.25) is 0 Å². The van der Waals surface area contributed by atoms with Crippen molar-refractivity contribution in [3.63, 3.8) is 0 Å². The molecule has 4 rings (SSSR count). The first-order valence-corrected chi connectivity index (χ1v) is 10.8. The van der Waals surface area contributed by atoms with Crippen molar-refractivity contribution < 1.29 is 13.2 Å². The number of hydrogen-bond acceptors (Lipinski definition) is 4. The third kappa shape index (κ3) is 3.39. The van der Waals surface area contributed by atoms with Gasteiger partial charge in [-0.3, -0.25) is 4.79 Å². The maximum Gasteiger partial charge on any atom is 0.240 e. The third-order valence-electron chi connectivity index (χ3n) is 5.53. The van der Waals surface area contributed by atoms with Crippen LogP contribution in [-0.4, -0.2) is 36.5 Å². The number of fused-ring (bicyclic) bond motifs is 2. The van der Waals surface area contributed by atoms with Crippen molar-refractivity contribution in [2.75, 3.05) is 11.4 Å². The zero-order valence-electron chi connectivity index (χ0n) is 15.6. The number of imidazole rings is 1. The molecule has 1 N–H and O–H groups in total. The fourth-order valence-electron chi connectivity index (χ4n) is 4.16. The van der Waals surface area contributed by atoms with Gasteiger partial charge in [-0.05, 0) is 49.4 Å². The van der Waals surface area contributed by atoms with Crippen molar-refractivity contribution in [2.45, 2.75) is 50.6 Å². The number of carbonyl (C=O) groups excluding carboxylic acids is 1. The standard InChI is InChI=1S/C19H24N4O3S/c1-13-9-16-11-17(3-4-18(16)23(13)14(2)24)27(25,26)21-12-15-5-7-22-8-6-20-19(22)10-15/h3-4,6,8,11,13,15,21H,5,7,9-10,12H2,1-2H3/t13-,15+/m0/s1. The summed E-state index contributed by atoms with van der Waals surface area (Å²) < 4.78 is 30.4. The van der Waals surface area contributed by atoms with Gasteiger partial charge in [-0.2, -0.15) is 0 Å². The predicted molar refractivity (Wildman–Crippen MR) is 102 cm³/mol. The highest BCUT2D eigenvalue weighted by Gasteiger charge is 2.30. The summed E-state index contributed by atoms with van der Waals surface area (Å²) in [6.07, 6.45) is 6.14. The van der Waals surface area contributed by atoms with Gasteiger partial charge in [0.1, 0.15) is 5.82 Å². The van der Waals surface area contributed by atoms with Gasteiger partial charge in [0.25, 0.3) is 0 Å². The van der Waals surface area contributed by atoms with E-state index < -0.39 is 10.0 Å². The summed E-state index contributed by atoms with van der Waals surface area (Å²) in [5.41, 5.74) is 1.72. The number of anilines is 1. The van der Waals surface area contributed by atoms with Crippen molar-refractivity contribution in [1.82, 2.24) is 14.3 Å². The number of nitrogens with one attached hydrogen (secondary N) is 1. The van der Waals surface area contributed by atoms with Gasteiger partial charge < -0.3 is 9.47 Å². The number of aryl methyl sites for hydroxylation is 1. The Morgan fingerprint density at radius 3 is 2.93 bits per heavy atom. The zero-order valence-corrected chi connectivity index (χ0v) is 16.4. The summed E-state index contributed by atoms with van der Waals surface area (Å²) in [4.78, 5) is 18.2. The van der Waals surface area contributed by atoms with Crippen LogP contribution in [0, 0.1) is 5.92 Å². The van der Waals surface area contributed by atoms with Crippen molar-refractivity contribution in [3.05, 3.63) is 42.0 Å². The average Bonchev–Trinajstić information content (AvgIpc) is 3.21. The molecule has 0 bridgehead atoms. The third-order valence-corrected chi connectivity index (χ3v) is 6.95. The molecule has 1 aromatic carbocycles. The Morgan fingerprint density at radius 1 is 1.33 bits per heavy atom. The zero-order chi connectivity index (χ0) is 19.2. The van der Waals surface area contributed by atoms with E-state index in [1.54, 1.807) is 29.3 Å². The predicted octanol–water partition coefficient (Wildman–Crippen LogP) is 1.72. The molecule has 144 valence electrons. The summed E-state index contributed by atoms with van der Waals surface area (Å²) >= 11 is 0. The molecule has 2 aliphatic heterocycles. The van der Waals surface area contributed by atoms with E-state index in [2.05, 4.69) is 14.3 Å². The number of aromatic nitrogens is 2. The summed E-state index contributed by atoms with van der Waals surface area (Å²) in [5, 5.41) is 0. The SMILES string of the molecule is CC(=O)N1c2ccc(S(=O)(=O)NC[C@@H]3CCn4ccnc4C3)cc2C[C@@H]1C. The molecule has 0 radical (unpaired) electrons. The van der Waals surface area contributed by atoms with Gasteiger partial charge in [-0.1, -0.05) is 0 Å². The van der Waals surface area contributed by atoms with Crippen LogP contribution in [0.15, 0.2) is 35.5 Å². The van der Waals surface area contributed by atoms with Gasteiger partial charge in [-0.15, -0.1) is 0 Å². The number of amides is 1. The summed E-state index contributed by atoms with van der Waals surface area (Å²) in [7, 11) is -3.58. The van der Waals surface area contributed by atoms with Crippen LogP contribution in [0.25, 0.3) is 0 Å². The minimum atomic E-state index is -3.58. The number of nitrogens with zero attached hydrogens (tertiary/aromatic N) is 3. The van der Waals surface area contributed by atoms with Crippen molar-refractivity contribution in [2.24, 2.45) is 5.92 Å². The van der Waals surface area contributed by atoms with E-state index in [-0.39, 0.29) is 22.8 Å². The van der Waals surface area contributed by atoms with Gasteiger partial charge in [0, 0.05) is 50.6 Å². The second-order valence-electron chi connectivity index (χ2n) is 7.48. The highest BCUT2D eigenvalue weighted by atomic mass is 32.2. The molecule has 2 aliphatic rings. The number of rotatable bonds is 4. The monoisotopic (exact) mass is 388 g/mol. The molecule has 1 aromatic heterocycles. The topological polar surface area (TPSA) is 84.3 Å². The van der Waals surface area contributed by atoms with Crippen LogP contribution in [0.1, 0.15) is 31.7 Å². The first kappa shape index (κ1) is 18.2. The van der Waals surface area contributed by atoms with E-state index in [9.17, 15) is 13.2 Å². The van der Waals surface area contributed by atoms with Crippen LogP contribution in [0.3, 0.4) is 0 Å². The van der Waals surface area contributed by atoms with Crippen LogP contribution < -0.4 is 9.62 Å². The summed E-state index contributed by atoms with van der Waals surface area (Å²) in [6, 6.07) is 5.08. The highest BCUT2D eigenvalue weighted by Crippen LogP contribution is 2.33. The Balaban J connectivity index is 1.47. The molecule has 7 nitrogen and oxygen atoms in total. The molecule has 8 heteroatoms. The number of sulfonamides is 1. The fourth-order valence-corrected chi connectivity index (χ4v) is 5.32. The lowest BCUT2D eigenvalue weighted by atomic mass is 9.98. The molecule has 0 saturated heterocycles. The van der Waals surface area contributed by atoms with E-state index >= 15 is 0 Å². The second kappa shape index (κ2) is 6.76. The highest BCUT2D eigenvalue weighted by molar-refractivity contribution is 7.89. The molecule has 2 atom stereocenters. The first-order chi connectivity index (χ1) is 12.8. The molecule has 1 amide bonds. The van der Waals surface area contributed by atoms with Crippen LogP contribution in [0.5, 0.6) is 0 Å². The van der Waals surface area contributed by atoms with Crippen molar-refractivity contribution >= 4 is 21.6 Å². The lowest BCUT2D eigenvalue weighted by Crippen LogP contribution is -2.33.